The van der Waals surface area contributed by atoms with Crippen LogP contribution in [0.3, 0.4) is 0 Å². The molecule has 0 fully saturated rings. The van der Waals surface area contributed by atoms with Crippen LogP contribution in [0.5, 0.6) is 0 Å². The summed E-state index contributed by atoms with van der Waals surface area (Å²) >= 11 is 0. The summed E-state index contributed by atoms with van der Waals surface area (Å²) < 4.78 is 4.95. The van der Waals surface area contributed by atoms with Crippen molar-refractivity contribution < 1.29 is 39.2 Å². The predicted molar refractivity (Wildman–Crippen MR) is 110 cm³/mol. The Balaban J connectivity index is 2.62. The Morgan fingerprint density at radius 3 is 1.65 bits per heavy atom. The van der Waals surface area contributed by atoms with Crippen molar-refractivity contribution in [3.8, 4) is 0 Å². The second-order valence-electron chi connectivity index (χ2n) is 6.96. The average Bonchev–Trinajstić information content (AvgIpc) is 2.80. The van der Waals surface area contributed by atoms with Gasteiger partial charge in [0, 0.05) is 11.1 Å². The summed E-state index contributed by atoms with van der Waals surface area (Å²) in [5.41, 5.74) is -8.15. The summed E-state index contributed by atoms with van der Waals surface area (Å²) in [5.74, 6) is -6.98. The third kappa shape index (κ3) is 4.55. The molecule has 2 unspecified atom stereocenters. The van der Waals surface area contributed by atoms with Gasteiger partial charge >= 0.3 is 11.9 Å². The van der Waals surface area contributed by atoms with Crippen molar-refractivity contribution in [2.45, 2.75) is 37.4 Å². The largest absolute Gasteiger partial charge is 0.479 e. The summed E-state index contributed by atoms with van der Waals surface area (Å²) in [5, 5.41) is 32.0. The SMILES string of the molecule is CCCCCOC(=O)C(O)(C(=O)c1ccccc1)C(O)(C(=O)O)C(=O)c1ccccc1. The van der Waals surface area contributed by atoms with E-state index in [-0.39, 0.29) is 17.7 Å². The highest BCUT2D eigenvalue weighted by Crippen LogP contribution is 2.32. The third-order valence-electron chi connectivity index (χ3n) is 4.84. The third-order valence-corrected chi connectivity index (χ3v) is 4.84. The molecule has 0 radical (unpaired) electrons. The van der Waals surface area contributed by atoms with E-state index in [1.165, 1.54) is 48.5 Å². The van der Waals surface area contributed by atoms with E-state index < -0.39 is 34.7 Å². The highest BCUT2D eigenvalue weighted by atomic mass is 16.6. The molecule has 0 aromatic heterocycles. The average molecular weight is 428 g/mol. The van der Waals surface area contributed by atoms with Crippen molar-refractivity contribution in [2.75, 3.05) is 6.61 Å². The van der Waals surface area contributed by atoms with Crippen LogP contribution in [0.25, 0.3) is 0 Å². The first kappa shape index (κ1) is 23.9. The summed E-state index contributed by atoms with van der Waals surface area (Å²) in [6, 6.07) is 13.5. The molecule has 0 aliphatic carbocycles. The molecule has 0 heterocycles. The summed E-state index contributed by atoms with van der Waals surface area (Å²) in [6.45, 7) is 1.67. The molecule has 0 amide bonds. The van der Waals surface area contributed by atoms with Gasteiger partial charge in [-0.2, -0.15) is 0 Å². The van der Waals surface area contributed by atoms with Gasteiger partial charge in [0.25, 0.3) is 11.2 Å². The van der Waals surface area contributed by atoms with E-state index in [4.69, 9.17) is 4.74 Å². The van der Waals surface area contributed by atoms with Crippen LogP contribution < -0.4 is 0 Å². The standard InChI is InChI=1S/C23H24O8/c1-2-3-10-15-31-21(28)23(30,19(25)17-13-8-5-9-14-17)22(29,20(26)27)18(24)16-11-6-4-7-12-16/h4-9,11-14,29-30H,2-3,10,15H2,1H3,(H,26,27). The zero-order chi connectivity index (χ0) is 23.1. The molecule has 0 aliphatic heterocycles. The second kappa shape index (κ2) is 10.1. The molecule has 2 rings (SSSR count). The molecule has 0 saturated heterocycles. The van der Waals surface area contributed by atoms with Crippen LogP contribution in [-0.2, 0) is 14.3 Å². The van der Waals surface area contributed by atoms with Crippen LogP contribution in [0.15, 0.2) is 60.7 Å². The summed E-state index contributed by atoms with van der Waals surface area (Å²) in [6.07, 6.45) is 1.84. The number of benzene rings is 2. The molecular formula is C23H24O8. The number of carboxylic acid groups (broad SMARTS) is 1. The molecule has 164 valence electrons. The van der Waals surface area contributed by atoms with Crippen LogP contribution in [0.2, 0.25) is 0 Å². The van der Waals surface area contributed by atoms with Gasteiger partial charge in [0.1, 0.15) is 0 Å². The van der Waals surface area contributed by atoms with Gasteiger partial charge in [0.2, 0.25) is 11.6 Å². The Morgan fingerprint density at radius 1 is 0.774 bits per heavy atom. The number of carboxylic acids is 1. The number of hydrogen-bond donors (Lipinski definition) is 3. The number of ether oxygens (including phenoxy) is 1. The van der Waals surface area contributed by atoms with E-state index in [0.29, 0.717) is 12.8 Å². The van der Waals surface area contributed by atoms with Crippen LogP contribution in [-0.4, -0.2) is 56.6 Å². The summed E-state index contributed by atoms with van der Waals surface area (Å²) in [4.78, 5) is 51.1. The second-order valence-corrected chi connectivity index (χ2v) is 6.96. The van der Waals surface area contributed by atoms with Gasteiger partial charge in [-0.15, -0.1) is 0 Å². The number of aliphatic carboxylic acids is 1. The van der Waals surface area contributed by atoms with Crippen LogP contribution >= 0.6 is 0 Å². The van der Waals surface area contributed by atoms with Gasteiger partial charge in [0.05, 0.1) is 6.61 Å². The zero-order valence-corrected chi connectivity index (χ0v) is 17.0. The molecule has 0 aliphatic rings. The molecular weight excluding hydrogens is 404 g/mol. The van der Waals surface area contributed by atoms with Crippen molar-refractivity contribution in [3.63, 3.8) is 0 Å². The first-order valence-electron chi connectivity index (χ1n) is 9.76. The number of carbonyl (C=O) groups is 4. The van der Waals surface area contributed by atoms with Gasteiger partial charge in [-0.05, 0) is 6.42 Å². The van der Waals surface area contributed by atoms with Gasteiger partial charge in [-0.1, -0.05) is 80.4 Å². The van der Waals surface area contributed by atoms with Crippen molar-refractivity contribution in [2.24, 2.45) is 0 Å². The lowest BCUT2D eigenvalue weighted by Gasteiger charge is -2.35. The number of esters is 1. The minimum Gasteiger partial charge on any atom is -0.479 e. The molecule has 0 bridgehead atoms. The highest BCUT2D eigenvalue weighted by Gasteiger charge is 2.70. The number of aliphatic hydroxyl groups is 2. The number of rotatable bonds is 11. The number of carbonyl (C=O) groups excluding carboxylic acids is 3. The van der Waals surface area contributed by atoms with E-state index in [1.54, 1.807) is 12.1 Å². The Labute approximate surface area is 179 Å². The number of Topliss-reactive ketones (excluding diaryl/α,β-unsaturated/α-hetero) is 2. The number of hydrogen-bond acceptors (Lipinski definition) is 7. The van der Waals surface area contributed by atoms with Gasteiger partial charge in [-0.25, -0.2) is 9.59 Å². The molecule has 2 aromatic carbocycles. The fraction of sp³-hybridized carbons (Fsp3) is 0.304. The monoisotopic (exact) mass is 428 g/mol. The summed E-state index contributed by atoms with van der Waals surface area (Å²) in [7, 11) is 0. The normalized spacial score (nSPS) is 14.7. The maximum atomic E-state index is 13.2. The van der Waals surface area contributed by atoms with Crippen molar-refractivity contribution in [3.05, 3.63) is 71.8 Å². The molecule has 0 saturated carbocycles. The number of unbranched alkanes of at least 4 members (excludes halogenated alkanes) is 2. The van der Waals surface area contributed by atoms with E-state index in [2.05, 4.69) is 0 Å². The van der Waals surface area contributed by atoms with Crippen LogP contribution in [0, 0.1) is 0 Å². The maximum Gasteiger partial charge on any atom is 0.350 e. The molecule has 2 atom stereocenters. The zero-order valence-electron chi connectivity index (χ0n) is 17.0. The Kier molecular flexibility index (Phi) is 7.79. The lowest BCUT2D eigenvalue weighted by molar-refractivity contribution is -0.191. The first-order chi connectivity index (χ1) is 14.7. The smallest absolute Gasteiger partial charge is 0.350 e. The Bertz CT molecular complexity index is 941. The highest BCUT2D eigenvalue weighted by molar-refractivity contribution is 6.28. The Hall–Kier alpha value is -3.36. The Morgan fingerprint density at radius 2 is 1.23 bits per heavy atom. The first-order valence-corrected chi connectivity index (χ1v) is 9.76. The van der Waals surface area contributed by atoms with Crippen molar-refractivity contribution in [1.29, 1.82) is 0 Å². The molecule has 0 spiro atoms. The van der Waals surface area contributed by atoms with E-state index in [0.717, 1.165) is 6.42 Å². The maximum absolute atomic E-state index is 13.2. The molecule has 2 aromatic rings. The van der Waals surface area contributed by atoms with Gasteiger partial charge < -0.3 is 20.1 Å². The van der Waals surface area contributed by atoms with Crippen LogP contribution in [0.4, 0.5) is 0 Å². The minimum atomic E-state index is -3.83. The lowest BCUT2D eigenvalue weighted by atomic mass is 9.73. The van der Waals surface area contributed by atoms with E-state index >= 15 is 0 Å². The quantitative estimate of drug-likeness (QED) is 0.214. The van der Waals surface area contributed by atoms with Crippen molar-refractivity contribution >= 4 is 23.5 Å². The molecule has 31 heavy (non-hydrogen) atoms. The fourth-order valence-electron chi connectivity index (χ4n) is 3.04. The number of ketones is 2. The molecule has 8 nitrogen and oxygen atoms in total. The fourth-order valence-corrected chi connectivity index (χ4v) is 3.04. The topological polar surface area (TPSA) is 138 Å². The predicted octanol–water partition coefficient (Wildman–Crippen LogP) is 2.03. The molecule has 3 N–H and O–H groups in total. The van der Waals surface area contributed by atoms with Crippen LogP contribution in [0.1, 0.15) is 46.9 Å². The van der Waals surface area contributed by atoms with E-state index in [9.17, 15) is 34.5 Å². The van der Waals surface area contributed by atoms with Gasteiger partial charge in [0.15, 0.2) is 0 Å². The van der Waals surface area contributed by atoms with E-state index in [1.807, 2.05) is 6.92 Å². The molecule has 8 heteroatoms. The van der Waals surface area contributed by atoms with Crippen molar-refractivity contribution in [1.82, 2.24) is 0 Å². The minimum absolute atomic E-state index is 0.230. The van der Waals surface area contributed by atoms with Gasteiger partial charge in [-0.3, -0.25) is 9.59 Å². The lowest BCUT2D eigenvalue weighted by Crippen LogP contribution is -2.71.